The van der Waals surface area contributed by atoms with E-state index < -0.39 is 5.91 Å². The molecule has 4 rings (SSSR count). The van der Waals surface area contributed by atoms with Crippen molar-refractivity contribution < 1.29 is 14.3 Å². The Labute approximate surface area is 154 Å². The topological polar surface area (TPSA) is 79.5 Å². The van der Waals surface area contributed by atoms with Crippen LogP contribution in [0, 0.1) is 0 Å². The van der Waals surface area contributed by atoms with Crippen LogP contribution in [0.15, 0.2) is 51.7 Å². The summed E-state index contributed by atoms with van der Waals surface area (Å²) in [5, 5.41) is 13.7. The number of phenolic OH excluding ortho intramolecular Hbond substituents is 1. The molecule has 0 spiro atoms. The van der Waals surface area contributed by atoms with Crippen LogP contribution < -0.4 is 10.7 Å². The number of carbonyl (C=O) groups excluding carboxylic acids is 1. The quantitative estimate of drug-likeness (QED) is 0.716. The Hall–Kier alpha value is -2.79. The Morgan fingerprint density at radius 3 is 2.92 bits per heavy atom. The molecule has 0 saturated heterocycles. The van der Waals surface area contributed by atoms with Crippen LogP contribution in [-0.2, 0) is 6.42 Å². The van der Waals surface area contributed by atoms with Crippen LogP contribution in [0.25, 0.3) is 11.0 Å². The average Bonchev–Trinajstić information content (AvgIpc) is 2.62. The van der Waals surface area contributed by atoms with Gasteiger partial charge in [0, 0.05) is 17.2 Å². The number of hydrogen-bond donors (Lipinski definition) is 2. The maximum absolute atomic E-state index is 12.6. The van der Waals surface area contributed by atoms with Gasteiger partial charge in [-0.1, -0.05) is 23.7 Å². The molecule has 1 aromatic heterocycles. The minimum absolute atomic E-state index is 0.0583. The molecule has 26 heavy (non-hydrogen) atoms. The summed E-state index contributed by atoms with van der Waals surface area (Å²) in [6.07, 6.45) is 2.39. The number of rotatable bonds is 2. The third-order valence-corrected chi connectivity index (χ3v) is 4.94. The summed E-state index contributed by atoms with van der Waals surface area (Å²) in [7, 11) is 0. The first-order valence-corrected chi connectivity index (χ1v) is 8.76. The molecule has 1 atom stereocenters. The zero-order valence-corrected chi connectivity index (χ0v) is 14.5. The van der Waals surface area contributed by atoms with Gasteiger partial charge in [-0.3, -0.25) is 9.59 Å². The van der Waals surface area contributed by atoms with Crippen molar-refractivity contribution in [1.29, 1.82) is 0 Å². The molecule has 0 radical (unpaired) electrons. The molecule has 0 saturated carbocycles. The molecule has 0 aliphatic heterocycles. The van der Waals surface area contributed by atoms with Crippen molar-refractivity contribution in [1.82, 2.24) is 5.32 Å². The highest BCUT2D eigenvalue weighted by Gasteiger charge is 2.25. The SMILES string of the molecule is O=C(NC1CCCc2c(O)cccc21)c1cc(=O)c2ccc(Cl)cc2o1. The third-order valence-electron chi connectivity index (χ3n) is 4.70. The average molecular weight is 370 g/mol. The van der Waals surface area contributed by atoms with Crippen LogP contribution in [0.5, 0.6) is 5.75 Å². The number of nitrogens with one attached hydrogen (secondary N) is 1. The molecule has 5 nitrogen and oxygen atoms in total. The smallest absolute Gasteiger partial charge is 0.287 e. The summed E-state index contributed by atoms with van der Waals surface area (Å²) in [6, 6.07) is 11.0. The van der Waals surface area contributed by atoms with Crippen LogP contribution in [0.4, 0.5) is 0 Å². The van der Waals surface area contributed by atoms with Crippen LogP contribution in [-0.4, -0.2) is 11.0 Å². The van der Waals surface area contributed by atoms with Gasteiger partial charge in [-0.05, 0) is 48.6 Å². The second-order valence-electron chi connectivity index (χ2n) is 6.38. The van der Waals surface area contributed by atoms with Gasteiger partial charge in [0.15, 0.2) is 11.2 Å². The standard InChI is InChI=1S/C20H16ClNO4/c21-11-7-8-14-17(24)10-19(26-18(14)9-11)20(25)22-15-5-1-4-13-12(15)3-2-6-16(13)23/h2-3,6-10,15,23H,1,4-5H2,(H,22,25). The lowest BCUT2D eigenvalue weighted by Crippen LogP contribution is -2.31. The summed E-state index contributed by atoms with van der Waals surface area (Å²) in [6.45, 7) is 0. The lowest BCUT2D eigenvalue weighted by atomic mass is 9.87. The molecule has 2 aromatic carbocycles. The van der Waals surface area contributed by atoms with E-state index in [1.165, 1.54) is 12.1 Å². The van der Waals surface area contributed by atoms with Crippen molar-refractivity contribution in [3.63, 3.8) is 0 Å². The molecular weight excluding hydrogens is 354 g/mol. The number of carbonyl (C=O) groups is 1. The minimum atomic E-state index is -0.467. The highest BCUT2D eigenvalue weighted by atomic mass is 35.5. The fraction of sp³-hybridized carbons (Fsp3) is 0.200. The predicted molar refractivity (Wildman–Crippen MR) is 98.7 cm³/mol. The van der Waals surface area contributed by atoms with Crippen LogP contribution in [0.1, 0.15) is 40.6 Å². The van der Waals surface area contributed by atoms with Gasteiger partial charge in [-0.25, -0.2) is 0 Å². The lowest BCUT2D eigenvalue weighted by molar-refractivity contribution is 0.0905. The van der Waals surface area contributed by atoms with Gasteiger partial charge in [0.1, 0.15) is 11.3 Å². The first kappa shape index (κ1) is 16.7. The molecular formula is C20H16ClNO4. The van der Waals surface area contributed by atoms with Gasteiger partial charge in [0.2, 0.25) is 0 Å². The van der Waals surface area contributed by atoms with Crippen LogP contribution >= 0.6 is 11.6 Å². The molecule has 1 aliphatic carbocycles. The number of aromatic hydroxyl groups is 1. The summed E-state index contributed by atoms with van der Waals surface area (Å²) in [5.41, 5.74) is 1.73. The highest BCUT2D eigenvalue weighted by molar-refractivity contribution is 6.31. The Kier molecular flexibility index (Phi) is 4.17. The Morgan fingerprint density at radius 1 is 1.23 bits per heavy atom. The number of benzene rings is 2. The van der Waals surface area contributed by atoms with Crippen molar-refractivity contribution in [2.24, 2.45) is 0 Å². The van der Waals surface area contributed by atoms with Crippen LogP contribution in [0.2, 0.25) is 5.02 Å². The Morgan fingerprint density at radius 2 is 2.08 bits per heavy atom. The van der Waals surface area contributed by atoms with E-state index in [4.69, 9.17) is 16.0 Å². The van der Waals surface area contributed by atoms with Gasteiger partial charge in [0.25, 0.3) is 5.91 Å². The lowest BCUT2D eigenvalue weighted by Gasteiger charge is -2.26. The van der Waals surface area contributed by atoms with Gasteiger partial charge in [0.05, 0.1) is 11.4 Å². The number of fused-ring (bicyclic) bond motifs is 2. The number of amides is 1. The van der Waals surface area contributed by atoms with E-state index in [0.717, 1.165) is 30.4 Å². The summed E-state index contributed by atoms with van der Waals surface area (Å²) >= 11 is 5.94. The number of phenols is 1. The number of halogens is 1. The van der Waals surface area contributed by atoms with E-state index in [0.29, 0.717) is 10.4 Å². The first-order valence-electron chi connectivity index (χ1n) is 8.38. The van der Waals surface area contributed by atoms with Gasteiger partial charge >= 0.3 is 0 Å². The van der Waals surface area contributed by atoms with E-state index in [1.54, 1.807) is 24.3 Å². The van der Waals surface area contributed by atoms with E-state index in [1.807, 2.05) is 6.07 Å². The Balaban J connectivity index is 1.67. The van der Waals surface area contributed by atoms with Crippen molar-refractivity contribution in [3.8, 4) is 5.75 Å². The van der Waals surface area contributed by atoms with Crippen molar-refractivity contribution in [2.75, 3.05) is 0 Å². The maximum atomic E-state index is 12.6. The van der Waals surface area contributed by atoms with E-state index >= 15 is 0 Å². The number of hydrogen-bond acceptors (Lipinski definition) is 4. The van der Waals surface area contributed by atoms with E-state index in [9.17, 15) is 14.7 Å². The van der Waals surface area contributed by atoms with Crippen molar-refractivity contribution in [2.45, 2.75) is 25.3 Å². The summed E-state index contributed by atoms with van der Waals surface area (Å²) in [5.74, 6) is -0.282. The largest absolute Gasteiger partial charge is 0.508 e. The normalized spacial score (nSPS) is 16.3. The zero-order valence-electron chi connectivity index (χ0n) is 13.8. The highest BCUT2D eigenvalue weighted by Crippen LogP contribution is 2.34. The third kappa shape index (κ3) is 2.95. The minimum Gasteiger partial charge on any atom is -0.508 e. The summed E-state index contributed by atoms with van der Waals surface area (Å²) < 4.78 is 5.59. The molecule has 0 fully saturated rings. The van der Waals surface area contributed by atoms with E-state index in [-0.39, 0.29) is 28.6 Å². The molecule has 1 amide bonds. The van der Waals surface area contributed by atoms with Crippen molar-refractivity contribution in [3.05, 3.63) is 74.6 Å². The Bertz CT molecular complexity index is 1070. The van der Waals surface area contributed by atoms with E-state index in [2.05, 4.69) is 5.32 Å². The second kappa shape index (κ2) is 6.50. The molecule has 2 N–H and O–H groups in total. The van der Waals surface area contributed by atoms with Crippen molar-refractivity contribution >= 4 is 28.5 Å². The molecule has 1 heterocycles. The molecule has 6 heteroatoms. The summed E-state index contributed by atoms with van der Waals surface area (Å²) in [4.78, 5) is 24.9. The van der Waals surface area contributed by atoms with Gasteiger partial charge < -0.3 is 14.8 Å². The van der Waals surface area contributed by atoms with Crippen LogP contribution in [0.3, 0.4) is 0 Å². The molecule has 1 aliphatic rings. The second-order valence-corrected chi connectivity index (χ2v) is 6.82. The maximum Gasteiger partial charge on any atom is 0.287 e. The molecule has 1 unspecified atom stereocenters. The molecule has 0 bridgehead atoms. The van der Waals surface area contributed by atoms with Gasteiger partial charge in [-0.2, -0.15) is 0 Å². The monoisotopic (exact) mass is 369 g/mol. The first-order chi connectivity index (χ1) is 12.5. The zero-order chi connectivity index (χ0) is 18.3. The fourth-order valence-electron chi connectivity index (χ4n) is 3.45. The van der Waals surface area contributed by atoms with Gasteiger partial charge in [-0.15, -0.1) is 0 Å². The molecule has 3 aromatic rings. The predicted octanol–water partition coefficient (Wildman–Crippen LogP) is 3.96. The fourth-order valence-corrected chi connectivity index (χ4v) is 3.61. The molecule has 132 valence electrons.